The van der Waals surface area contributed by atoms with E-state index in [9.17, 15) is 5.11 Å². The van der Waals surface area contributed by atoms with Crippen molar-refractivity contribution in [3.63, 3.8) is 0 Å². The molecule has 1 aromatic carbocycles. The minimum Gasteiger partial charge on any atom is -0.399 e. The van der Waals surface area contributed by atoms with E-state index in [1.807, 2.05) is 18.2 Å². The summed E-state index contributed by atoms with van der Waals surface area (Å²) in [4.78, 5) is 4.54. The number of nitrogen functional groups attached to an aromatic ring is 1. The molecule has 0 aliphatic carbocycles. The SMILES string of the molecule is CC(O)c1nc2cc(N)ccc2n1CC1CCOCC1. The van der Waals surface area contributed by atoms with Crippen LogP contribution < -0.4 is 5.73 Å². The zero-order chi connectivity index (χ0) is 14.1. The van der Waals surface area contributed by atoms with Crippen LogP contribution in [0.3, 0.4) is 0 Å². The molecule has 2 heterocycles. The molecule has 108 valence electrons. The first-order valence-electron chi connectivity index (χ1n) is 7.16. The summed E-state index contributed by atoms with van der Waals surface area (Å²) >= 11 is 0. The predicted octanol–water partition coefficient (Wildman–Crippen LogP) is 2.10. The third-order valence-corrected chi connectivity index (χ3v) is 3.96. The molecule has 1 unspecified atom stereocenters. The normalized spacial score (nSPS) is 18.5. The number of hydrogen-bond donors (Lipinski definition) is 2. The van der Waals surface area contributed by atoms with Crippen LogP contribution in [0.4, 0.5) is 5.69 Å². The average molecular weight is 275 g/mol. The molecule has 3 N–H and O–H groups in total. The van der Waals surface area contributed by atoms with Crippen molar-refractivity contribution in [1.29, 1.82) is 0 Å². The first kappa shape index (κ1) is 13.4. The highest BCUT2D eigenvalue weighted by Gasteiger charge is 2.20. The molecule has 1 aliphatic heterocycles. The number of aromatic nitrogens is 2. The fourth-order valence-electron chi connectivity index (χ4n) is 2.86. The van der Waals surface area contributed by atoms with Crippen molar-refractivity contribution in [2.45, 2.75) is 32.4 Å². The van der Waals surface area contributed by atoms with Gasteiger partial charge in [-0.25, -0.2) is 4.98 Å². The van der Waals surface area contributed by atoms with E-state index in [0.717, 1.165) is 49.5 Å². The number of anilines is 1. The molecule has 1 atom stereocenters. The number of ether oxygens (including phenoxy) is 1. The van der Waals surface area contributed by atoms with Gasteiger partial charge in [-0.1, -0.05) is 0 Å². The molecule has 0 radical (unpaired) electrons. The quantitative estimate of drug-likeness (QED) is 0.841. The number of hydrogen-bond acceptors (Lipinski definition) is 4. The van der Waals surface area contributed by atoms with Crippen LogP contribution in [0.15, 0.2) is 18.2 Å². The van der Waals surface area contributed by atoms with Crippen LogP contribution in [0.1, 0.15) is 31.7 Å². The summed E-state index contributed by atoms with van der Waals surface area (Å²) in [6.45, 7) is 4.29. The lowest BCUT2D eigenvalue weighted by molar-refractivity contribution is 0.0605. The predicted molar refractivity (Wildman–Crippen MR) is 78.3 cm³/mol. The number of aliphatic hydroxyl groups is 1. The maximum absolute atomic E-state index is 9.97. The van der Waals surface area contributed by atoms with Gasteiger partial charge in [0.15, 0.2) is 0 Å². The summed E-state index contributed by atoms with van der Waals surface area (Å²) in [6, 6.07) is 5.74. The number of imidazole rings is 1. The molecule has 1 saturated heterocycles. The van der Waals surface area contributed by atoms with E-state index < -0.39 is 6.10 Å². The Kier molecular flexibility index (Phi) is 3.63. The molecule has 20 heavy (non-hydrogen) atoms. The standard InChI is InChI=1S/C15H21N3O2/c1-10(19)15-17-13-8-12(16)2-3-14(13)18(15)9-11-4-6-20-7-5-11/h2-3,8,10-11,19H,4-7,9,16H2,1H3. The Morgan fingerprint density at radius 2 is 2.20 bits per heavy atom. The number of rotatable bonds is 3. The summed E-state index contributed by atoms with van der Waals surface area (Å²) in [6.07, 6.45) is 1.55. The minimum absolute atomic E-state index is 0.580. The fraction of sp³-hybridized carbons (Fsp3) is 0.533. The third-order valence-electron chi connectivity index (χ3n) is 3.96. The van der Waals surface area contributed by atoms with Gasteiger partial charge in [-0.05, 0) is 43.9 Å². The summed E-state index contributed by atoms with van der Waals surface area (Å²) in [5.41, 5.74) is 8.41. The number of benzene rings is 1. The first-order valence-corrected chi connectivity index (χ1v) is 7.16. The Morgan fingerprint density at radius 3 is 2.90 bits per heavy atom. The van der Waals surface area contributed by atoms with E-state index in [2.05, 4.69) is 9.55 Å². The van der Waals surface area contributed by atoms with Crippen LogP contribution >= 0.6 is 0 Å². The van der Waals surface area contributed by atoms with E-state index in [-0.39, 0.29) is 0 Å². The average Bonchev–Trinajstić information content (AvgIpc) is 2.78. The van der Waals surface area contributed by atoms with Gasteiger partial charge in [-0.2, -0.15) is 0 Å². The van der Waals surface area contributed by atoms with Gasteiger partial charge in [-0.15, -0.1) is 0 Å². The van der Waals surface area contributed by atoms with E-state index >= 15 is 0 Å². The van der Waals surface area contributed by atoms with Gasteiger partial charge < -0.3 is 20.1 Å². The largest absolute Gasteiger partial charge is 0.399 e. The second-order valence-corrected chi connectivity index (χ2v) is 5.56. The molecule has 0 spiro atoms. The highest BCUT2D eigenvalue weighted by Crippen LogP contribution is 2.26. The van der Waals surface area contributed by atoms with Gasteiger partial charge in [0.25, 0.3) is 0 Å². The lowest BCUT2D eigenvalue weighted by atomic mass is 10.00. The molecule has 5 nitrogen and oxygen atoms in total. The highest BCUT2D eigenvalue weighted by atomic mass is 16.5. The van der Waals surface area contributed by atoms with E-state index in [1.165, 1.54) is 0 Å². The Labute approximate surface area is 118 Å². The van der Waals surface area contributed by atoms with Gasteiger partial charge in [0.05, 0.1) is 11.0 Å². The number of aliphatic hydroxyl groups excluding tert-OH is 1. The van der Waals surface area contributed by atoms with Crippen LogP contribution in [0.25, 0.3) is 11.0 Å². The van der Waals surface area contributed by atoms with Crippen molar-refractivity contribution in [3.8, 4) is 0 Å². The van der Waals surface area contributed by atoms with E-state index in [0.29, 0.717) is 11.6 Å². The second-order valence-electron chi connectivity index (χ2n) is 5.56. The summed E-state index contributed by atoms with van der Waals surface area (Å²) < 4.78 is 7.54. The maximum Gasteiger partial charge on any atom is 0.138 e. The Balaban J connectivity index is 1.99. The monoisotopic (exact) mass is 275 g/mol. The number of nitrogens with zero attached hydrogens (tertiary/aromatic N) is 2. The van der Waals surface area contributed by atoms with Crippen molar-refractivity contribution in [2.75, 3.05) is 18.9 Å². The van der Waals surface area contributed by atoms with Crippen LogP contribution in [0.2, 0.25) is 0 Å². The topological polar surface area (TPSA) is 73.3 Å². The van der Waals surface area contributed by atoms with Crippen molar-refractivity contribution in [1.82, 2.24) is 9.55 Å². The van der Waals surface area contributed by atoms with E-state index in [4.69, 9.17) is 10.5 Å². The zero-order valence-electron chi connectivity index (χ0n) is 11.7. The van der Waals surface area contributed by atoms with Gasteiger partial charge in [0.2, 0.25) is 0 Å². The number of nitrogens with two attached hydrogens (primary N) is 1. The van der Waals surface area contributed by atoms with Crippen LogP contribution in [-0.4, -0.2) is 27.9 Å². The minimum atomic E-state index is -0.580. The Bertz CT molecular complexity index is 600. The highest BCUT2D eigenvalue weighted by molar-refractivity contribution is 5.79. The Morgan fingerprint density at radius 1 is 1.45 bits per heavy atom. The lowest BCUT2D eigenvalue weighted by Gasteiger charge is -2.24. The van der Waals surface area contributed by atoms with Crippen molar-refractivity contribution >= 4 is 16.7 Å². The van der Waals surface area contributed by atoms with Crippen molar-refractivity contribution < 1.29 is 9.84 Å². The molecule has 1 fully saturated rings. The fourth-order valence-corrected chi connectivity index (χ4v) is 2.86. The van der Waals surface area contributed by atoms with Gasteiger partial charge >= 0.3 is 0 Å². The molecular weight excluding hydrogens is 254 g/mol. The summed E-state index contributed by atoms with van der Waals surface area (Å²) in [7, 11) is 0. The summed E-state index contributed by atoms with van der Waals surface area (Å²) in [5, 5.41) is 9.97. The smallest absolute Gasteiger partial charge is 0.138 e. The maximum atomic E-state index is 9.97. The molecule has 5 heteroatoms. The molecule has 1 aromatic heterocycles. The van der Waals surface area contributed by atoms with Gasteiger partial charge in [-0.3, -0.25) is 0 Å². The van der Waals surface area contributed by atoms with Gasteiger partial charge in [0.1, 0.15) is 11.9 Å². The third kappa shape index (κ3) is 2.51. The molecule has 0 amide bonds. The molecular formula is C15H21N3O2. The number of fused-ring (bicyclic) bond motifs is 1. The second kappa shape index (κ2) is 5.42. The van der Waals surface area contributed by atoms with Gasteiger partial charge in [0, 0.05) is 25.4 Å². The molecule has 3 rings (SSSR count). The Hall–Kier alpha value is -1.59. The molecule has 0 saturated carbocycles. The first-order chi connectivity index (χ1) is 9.65. The van der Waals surface area contributed by atoms with Crippen molar-refractivity contribution in [3.05, 3.63) is 24.0 Å². The molecule has 1 aliphatic rings. The van der Waals surface area contributed by atoms with Crippen LogP contribution in [0, 0.1) is 5.92 Å². The molecule has 2 aromatic rings. The lowest BCUT2D eigenvalue weighted by Crippen LogP contribution is -2.21. The van der Waals surface area contributed by atoms with Crippen LogP contribution in [0.5, 0.6) is 0 Å². The van der Waals surface area contributed by atoms with Crippen LogP contribution in [-0.2, 0) is 11.3 Å². The van der Waals surface area contributed by atoms with E-state index in [1.54, 1.807) is 6.92 Å². The summed E-state index contributed by atoms with van der Waals surface area (Å²) in [5.74, 6) is 1.30. The zero-order valence-corrected chi connectivity index (χ0v) is 11.7. The van der Waals surface area contributed by atoms with Crippen molar-refractivity contribution in [2.24, 2.45) is 5.92 Å². The molecule has 0 bridgehead atoms.